The second-order valence-corrected chi connectivity index (χ2v) is 8.81. The van der Waals surface area contributed by atoms with Crippen LogP contribution in [0.2, 0.25) is 0 Å². The molecule has 0 saturated carbocycles. The van der Waals surface area contributed by atoms with E-state index in [2.05, 4.69) is 5.32 Å². The fourth-order valence-corrected chi connectivity index (χ4v) is 4.43. The number of halogens is 1. The largest absolute Gasteiger partial charge is 0.455 e. The van der Waals surface area contributed by atoms with Gasteiger partial charge in [-0.25, -0.2) is 9.18 Å². The molecule has 0 radical (unpaired) electrons. The summed E-state index contributed by atoms with van der Waals surface area (Å²) in [7, 11) is 0. The van der Waals surface area contributed by atoms with Gasteiger partial charge in [-0.15, -0.1) is 11.8 Å². The van der Waals surface area contributed by atoms with E-state index in [4.69, 9.17) is 4.74 Å². The molecule has 1 aromatic rings. The van der Waals surface area contributed by atoms with Crippen LogP contribution in [0.4, 0.5) is 4.39 Å². The number of benzene rings is 1. The number of amides is 2. The van der Waals surface area contributed by atoms with E-state index in [-0.39, 0.29) is 29.4 Å². The number of hydrogen-bond donors (Lipinski definition) is 1. The minimum absolute atomic E-state index is 0.0280. The molecule has 2 atom stereocenters. The third-order valence-electron chi connectivity index (χ3n) is 4.32. The van der Waals surface area contributed by atoms with Crippen LogP contribution < -0.4 is 5.32 Å². The molecule has 3 rings (SSSR count). The maximum absolute atomic E-state index is 13.4. The SMILES string of the molecule is CC(C)(C)OC(=O)C1=C(CF)CS[C@H]2C(NC(=O)Cc3ccccc3)C(=O)N12. The van der Waals surface area contributed by atoms with Gasteiger partial charge in [-0.3, -0.25) is 14.5 Å². The second kappa shape index (κ2) is 7.95. The van der Waals surface area contributed by atoms with Crippen molar-refractivity contribution < 1.29 is 23.5 Å². The fourth-order valence-electron chi connectivity index (χ4n) is 3.11. The van der Waals surface area contributed by atoms with Gasteiger partial charge in [0.15, 0.2) is 0 Å². The summed E-state index contributed by atoms with van der Waals surface area (Å²) >= 11 is 1.33. The number of nitrogens with zero attached hydrogens (tertiary/aromatic N) is 1. The van der Waals surface area contributed by atoms with Gasteiger partial charge in [0.1, 0.15) is 29.4 Å². The number of ether oxygens (including phenoxy) is 1. The van der Waals surface area contributed by atoms with E-state index in [0.717, 1.165) is 5.56 Å². The van der Waals surface area contributed by atoms with Crippen LogP contribution in [-0.2, 0) is 25.5 Å². The Morgan fingerprint density at radius 1 is 1.29 bits per heavy atom. The molecule has 1 N–H and O–H groups in total. The van der Waals surface area contributed by atoms with Gasteiger partial charge in [0.05, 0.1) is 6.42 Å². The Hall–Kier alpha value is -2.35. The van der Waals surface area contributed by atoms with E-state index in [1.807, 2.05) is 30.3 Å². The van der Waals surface area contributed by atoms with Crippen LogP contribution >= 0.6 is 11.8 Å². The summed E-state index contributed by atoms with van der Waals surface area (Å²) in [5.74, 6) is -1.15. The maximum atomic E-state index is 13.4. The van der Waals surface area contributed by atoms with E-state index < -0.39 is 35.6 Å². The predicted octanol–water partition coefficient (Wildman–Crippen LogP) is 2.19. The van der Waals surface area contributed by atoms with Gasteiger partial charge < -0.3 is 10.1 Å². The van der Waals surface area contributed by atoms with E-state index in [9.17, 15) is 18.8 Å². The lowest BCUT2D eigenvalue weighted by Crippen LogP contribution is -2.70. The molecule has 2 amide bonds. The van der Waals surface area contributed by atoms with Crippen LogP contribution in [0.25, 0.3) is 0 Å². The summed E-state index contributed by atoms with van der Waals surface area (Å²) in [5.41, 5.74) is 0.287. The van der Waals surface area contributed by atoms with E-state index in [1.54, 1.807) is 20.8 Å². The van der Waals surface area contributed by atoms with Crippen LogP contribution in [0.3, 0.4) is 0 Å². The average molecular weight is 406 g/mol. The van der Waals surface area contributed by atoms with Gasteiger partial charge in [0, 0.05) is 11.3 Å². The lowest BCUT2D eigenvalue weighted by atomic mass is 10.0. The number of esters is 1. The van der Waals surface area contributed by atoms with E-state index >= 15 is 0 Å². The highest BCUT2D eigenvalue weighted by molar-refractivity contribution is 8.00. The molecule has 150 valence electrons. The third kappa shape index (κ3) is 4.22. The van der Waals surface area contributed by atoms with Gasteiger partial charge >= 0.3 is 5.97 Å². The van der Waals surface area contributed by atoms with Crippen molar-refractivity contribution in [1.82, 2.24) is 10.2 Å². The minimum atomic E-state index is -0.830. The number of fused-ring (bicyclic) bond motifs is 1. The molecular formula is C20H23FN2O4S. The first-order valence-corrected chi connectivity index (χ1v) is 10.1. The normalized spacial score (nSPS) is 21.7. The number of alkyl halides is 1. The molecule has 0 spiro atoms. The molecule has 2 aliphatic rings. The molecular weight excluding hydrogens is 383 g/mol. The van der Waals surface area contributed by atoms with Crippen molar-refractivity contribution in [3.8, 4) is 0 Å². The Bertz CT molecular complexity index is 819. The average Bonchev–Trinajstić information content (AvgIpc) is 2.64. The monoisotopic (exact) mass is 406 g/mol. The number of carbonyl (C=O) groups is 3. The zero-order valence-corrected chi connectivity index (χ0v) is 16.8. The predicted molar refractivity (Wildman–Crippen MR) is 104 cm³/mol. The summed E-state index contributed by atoms with van der Waals surface area (Å²) in [6, 6.07) is 8.47. The highest BCUT2D eigenvalue weighted by Crippen LogP contribution is 2.41. The van der Waals surface area contributed by atoms with Gasteiger partial charge in [-0.1, -0.05) is 30.3 Å². The molecule has 0 aromatic heterocycles. The number of nitrogens with one attached hydrogen (secondary N) is 1. The molecule has 8 heteroatoms. The highest BCUT2D eigenvalue weighted by atomic mass is 32.2. The minimum Gasteiger partial charge on any atom is -0.455 e. The lowest BCUT2D eigenvalue weighted by molar-refractivity contribution is -0.159. The maximum Gasteiger partial charge on any atom is 0.355 e. The summed E-state index contributed by atoms with van der Waals surface area (Å²) < 4.78 is 18.8. The molecule has 0 aliphatic carbocycles. The van der Waals surface area contributed by atoms with Gasteiger partial charge in [0.2, 0.25) is 5.91 Å². The number of hydrogen-bond acceptors (Lipinski definition) is 5. The van der Waals surface area contributed by atoms with Crippen LogP contribution in [-0.4, -0.2) is 52.1 Å². The van der Waals surface area contributed by atoms with E-state index in [0.29, 0.717) is 0 Å². The Balaban J connectivity index is 1.71. The van der Waals surface area contributed by atoms with Crippen molar-refractivity contribution in [3.63, 3.8) is 0 Å². The topological polar surface area (TPSA) is 75.7 Å². The Morgan fingerprint density at radius 2 is 1.96 bits per heavy atom. The zero-order valence-electron chi connectivity index (χ0n) is 16.0. The smallest absolute Gasteiger partial charge is 0.355 e. The molecule has 1 unspecified atom stereocenters. The number of β-lactam (4-membered cyclic amide) rings is 1. The third-order valence-corrected chi connectivity index (χ3v) is 5.66. The standard InChI is InChI=1S/C20H23FN2O4S/c1-20(2,3)27-19(26)16-13(10-21)11-28-18-15(17(25)23(16)18)22-14(24)9-12-7-5-4-6-8-12/h4-8,15,18H,9-11H2,1-3H3,(H,22,24)/t15?,18-/m0/s1. The highest BCUT2D eigenvalue weighted by Gasteiger charge is 2.54. The zero-order chi connectivity index (χ0) is 20.5. The van der Waals surface area contributed by atoms with Gasteiger partial charge in [-0.2, -0.15) is 0 Å². The lowest BCUT2D eigenvalue weighted by Gasteiger charge is -2.49. The Labute approximate surface area is 167 Å². The molecule has 0 bridgehead atoms. The Kier molecular flexibility index (Phi) is 5.79. The quantitative estimate of drug-likeness (QED) is 0.599. The second-order valence-electron chi connectivity index (χ2n) is 7.71. The molecule has 2 aliphatic heterocycles. The summed E-state index contributed by atoms with van der Waals surface area (Å²) in [5, 5.41) is 2.30. The van der Waals surface area contributed by atoms with Crippen molar-refractivity contribution in [2.75, 3.05) is 12.4 Å². The van der Waals surface area contributed by atoms with Crippen LogP contribution in [0.15, 0.2) is 41.6 Å². The molecule has 1 fully saturated rings. The van der Waals surface area contributed by atoms with Crippen LogP contribution in [0, 0.1) is 0 Å². The molecule has 1 aromatic carbocycles. The van der Waals surface area contributed by atoms with Crippen molar-refractivity contribution in [3.05, 3.63) is 47.2 Å². The first-order chi connectivity index (χ1) is 13.2. The number of carbonyl (C=O) groups excluding carboxylic acids is 3. The molecule has 6 nitrogen and oxygen atoms in total. The summed E-state index contributed by atoms with van der Waals surface area (Å²) in [4.78, 5) is 38.8. The van der Waals surface area contributed by atoms with Gasteiger partial charge in [0.25, 0.3) is 5.91 Å². The summed E-state index contributed by atoms with van der Waals surface area (Å²) in [6.45, 7) is 4.30. The Morgan fingerprint density at radius 3 is 2.57 bits per heavy atom. The first-order valence-electron chi connectivity index (χ1n) is 9.00. The van der Waals surface area contributed by atoms with Crippen molar-refractivity contribution >= 4 is 29.5 Å². The number of thioether (sulfide) groups is 1. The molecule has 1 saturated heterocycles. The first kappa shape index (κ1) is 20.4. The van der Waals surface area contributed by atoms with E-state index in [1.165, 1.54) is 16.7 Å². The summed E-state index contributed by atoms with van der Waals surface area (Å²) in [6.07, 6.45) is 0.159. The van der Waals surface area contributed by atoms with Gasteiger partial charge in [-0.05, 0) is 26.3 Å². The molecule has 28 heavy (non-hydrogen) atoms. The fraction of sp³-hybridized carbons (Fsp3) is 0.450. The van der Waals surface area contributed by atoms with Crippen molar-refractivity contribution in [1.29, 1.82) is 0 Å². The van der Waals surface area contributed by atoms with Crippen molar-refractivity contribution in [2.24, 2.45) is 0 Å². The van der Waals surface area contributed by atoms with Crippen molar-refractivity contribution in [2.45, 2.75) is 44.2 Å². The van der Waals surface area contributed by atoms with Crippen LogP contribution in [0.1, 0.15) is 26.3 Å². The number of rotatable bonds is 5. The molecule has 2 heterocycles. The van der Waals surface area contributed by atoms with Crippen LogP contribution in [0.5, 0.6) is 0 Å².